The van der Waals surface area contributed by atoms with E-state index < -0.39 is 29.8 Å². The molecule has 6 nitrogen and oxygen atoms in total. The van der Waals surface area contributed by atoms with Gasteiger partial charge in [0.15, 0.2) is 23.0 Å². The fourth-order valence-corrected chi connectivity index (χ4v) is 4.41. The molecule has 4 rings (SSSR count). The van der Waals surface area contributed by atoms with Gasteiger partial charge in [-0.25, -0.2) is 8.78 Å². The molecule has 0 saturated carbocycles. The Balaban J connectivity index is 2.12. The van der Waals surface area contributed by atoms with Crippen LogP contribution in [0, 0.1) is 25.5 Å². The minimum Gasteiger partial charge on any atom is -0.454 e. The van der Waals surface area contributed by atoms with Gasteiger partial charge in [-0.1, -0.05) is 12.1 Å². The Labute approximate surface area is 200 Å². The fourth-order valence-electron chi connectivity index (χ4n) is 3.81. The van der Waals surface area contributed by atoms with Gasteiger partial charge in [0.1, 0.15) is 16.5 Å². The number of fused-ring (bicyclic) bond motifs is 2. The summed E-state index contributed by atoms with van der Waals surface area (Å²) in [7, 11) is 0. The Morgan fingerprint density at radius 2 is 1.85 bits per heavy atom. The van der Waals surface area contributed by atoms with Crippen LogP contribution in [0.4, 0.5) is 8.78 Å². The number of esters is 1. The van der Waals surface area contributed by atoms with Crippen LogP contribution in [0.5, 0.6) is 5.75 Å². The molecule has 1 aliphatic heterocycles. The van der Waals surface area contributed by atoms with Gasteiger partial charge in [-0.2, -0.15) is 0 Å². The molecule has 2 aliphatic rings. The number of hydrogen-bond acceptors (Lipinski definition) is 6. The predicted molar refractivity (Wildman–Crippen MR) is 124 cm³/mol. The van der Waals surface area contributed by atoms with E-state index >= 15 is 4.39 Å². The zero-order valence-electron chi connectivity index (χ0n) is 18.3. The first kappa shape index (κ1) is 23.6. The molecule has 0 radical (unpaired) electrons. The molecule has 0 aromatic heterocycles. The molecule has 2 aromatic carbocycles. The number of halogens is 3. The summed E-state index contributed by atoms with van der Waals surface area (Å²) in [6.45, 7) is 3.85. The first-order valence-corrected chi connectivity index (χ1v) is 10.8. The molecule has 0 saturated heterocycles. The van der Waals surface area contributed by atoms with Gasteiger partial charge in [-0.05, 0) is 59.1 Å². The Morgan fingerprint density at radius 3 is 2.50 bits per heavy atom. The van der Waals surface area contributed by atoms with Crippen LogP contribution in [0.15, 0.2) is 44.0 Å². The smallest absolute Gasteiger partial charge is 0.305 e. The van der Waals surface area contributed by atoms with Crippen molar-refractivity contribution in [1.29, 1.82) is 0 Å². The van der Waals surface area contributed by atoms with Gasteiger partial charge in [0, 0.05) is 34.6 Å². The van der Waals surface area contributed by atoms with Gasteiger partial charge in [-0.15, -0.1) is 0 Å². The molecular formula is C25H17BrF2O6. The number of hydrogen-bond donors (Lipinski definition) is 0. The van der Waals surface area contributed by atoms with Crippen molar-refractivity contribution in [1.82, 2.24) is 0 Å². The van der Waals surface area contributed by atoms with Crippen molar-refractivity contribution in [3.05, 3.63) is 73.4 Å². The maximum absolute atomic E-state index is 15.1. The van der Waals surface area contributed by atoms with E-state index in [2.05, 4.69) is 15.9 Å². The molecule has 34 heavy (non-hydrogen) atoms. The highest BCUT2D eigenvalue weighted by Crippen LogP contribution is 2.47. The SMILES string of the molecule is CC(=O)OCOc1c(F)cc2c(-c3ccc(C=O)cc3C)c3cc(F)c(=O)c(C)c-3oc2c1Br. The van der Waals surface area contributed by atoms with E-state index in [4.69, 9.17) is 13.9 Å². The maximum Gasteiger partial charge on any atom is 0.305 e. The lowest BCUT2D eigenvalue weighted by Gasteiger charge is -2.20. The summed E-state index contributed by atoms with van der Waals surface area (Å²) in [5.41, 5.74) is 1.74. The largest absolute Gasteiger partial charge is 0.454 e. The minimum absolute atomic E-state index is 0.0407. The van der Waals surface area contributed by atoms with E-state index in [0.717, 1.165) is 12.1 Å². The molecule has 9 heteroatoms. The van der Waals surface area contributed by atoms with Crippen LogP contribution in [0.2, 0.25) is 0 Å². The van der Waals surface area contributed by atoms with Crippen molar-refractivity contribution in [3.63, 3.8) is 0 Å². The van der Waals surface area contributed by atoms with E-state index in [0.29, 0.717) is 28.5 Å². The summed E-state index contributed by atoms with van der Waals surface area (Å²) >= 11 is 3.29. The lowest BCUT2D eigenvalue weighted by molar-refractivity contribution is -0.147. The fraction of sp³-hybridized carbons (Fsp3) is 0.160. The van der Waals surface area contributed by atoms with Crippen LogP contribution in [-0.2, 0) is 9.53 Å². The van der Waals surface area contributed by atoms with Gasteiger partial charge < -0.3 is 13.9 Å². The third-order valence-electron chi connectivity index (χ3n) is 5.41. The average Bonchev–Trinajstić information content (AvgIpc) is 2.79. The molecular weight excluding hydrogens is 514 g/mol. The zero-order chi connectivity index (χ0) is 24.7. The zero-order valence-corrected chi connectivity index (χ0v) is 19.8. The van der Waals surface area contributed by atoms with E-state index in [1.54, 1.807) is 25.1 Å². The van der Waals surface area contributed by atoms with E-state index in [1.165, 1.54) is 13.8 Å². The normalized spacial score (nSPS) is 11.1. The second-order valence-corrected chi connectivity index (χ2v) is 8.43. The van der Waals surface area contributed by atoms with Crippen molar-refractivity contribution in [3.8, 4) is 28.2 Å². The summed E-state index contributed by atoms with van der Waals surface area (Å²) in [5, 5.41) is 0.274. The third kappa shape index (κ3) is 3.96. The summed E-state index contributed by atoms with van der Waals surface area (Å²) in [4.78, 5) is 34.6. The number of ether oxygens (including phenoxy) is 2. The average molecular weight is 531 g/mol. The van der Waals surface area contributed by atoms with Crippen LogP contribution in [0.25, 0.3) is 33.4 Å². The molecule has 0 atom stereocenters. The number of rotatable bonds is 5. The third-order valence-corrected chi connectivity index (χ3v) is 6.13. The van der Waals surface area contributed by atoms with Crippen LogP contribution in [0.1, 0.15) is 28.4 Å². The Morgan fingerprint density at radius 1 is 1.12 bits per heavy atom. The lowest BCUT2D eigenvalue weighted by Crippen LogP contribution is -2.13. The molecule has 2 aromatic rings. The lowest BCUT2D eigenvalue weighted by atomic mass is 9.89. The summed E-state index contributed by atoms with van der Waals surface area (Å²) in [6.07, 6.45) is 0.698. The van der Waals surface area contributed by atoms with Crippen molar-refractivity contribution in [2.75, 3.05) is 6.79 Å². The molecule has 0 fully saturated rings. The van der Waals surface area contributed by atoms with Crippen LogP contribution in [0.3, 0.4) is 0 Å². The molecule has 1 heterocycles. The molecule has 174 valence electrons. The Bertz CT molecular complexity index is 1510. The van der Waals surface area contributed by atoms with Crippen LogP contribution < -0.4 is 10.2 Å². The number of carbonyl (C=O) groups is 2. The van der Waals surface area contributed by atoms with Crippen LogP contribution in [-0.4, -0.2) is 19.0 Å². The van der Waals surface area contributed by atoms with Crippen molar-refractivity contribution in [2.24, 2.45) is 0 Å². The second-order valence-electron chi connectivity index (χ2n) is 7.63. The Kier molecular flexibility index (Phi) is 6.22. The second kappa shape index (κ2) is 8.98. The van der Waals surface area contributed by atoms with E-state index in [-0.39, 0.29) is 38.1 Å². The van der Waals surface area contributed by atoms with E-state index in [1.807, 2.05) is 0 Å². The molecule has 0 unspecified atom stereocenters. The first-order chi connectivity index (χ1) is 16.1. The molecule has 0 amide bonds. The monoisotopic (exact) mass is 530 g/mol. The maximum atomic E-state index is 15.1. The summed E-state index contributed by atoms with van der Waals surface area (Å²) in [5.74, 6) is -2.51. The topological polar surface area (TPSA) is 82.8 Å². The first-order valence-electron chi connectivity index (χ1n) is 10.0. The minimum atomic E-state index is -0.969. The quantitative estimate of drug-likeness (QED) is 0.137. The standard InChI is InChI=1S/C25H17BrF2O6/c1-11-6-14(9-29)4-5-15(11)20-16-7-18(27)22(31)12(2)23(16)34-24-17(20)8-19(28)25(21(24)26)33-10-32-13(3)30/h4-9H,10H2,1-3H3. The summed E-state index contributed by atoms with van der Waals surface area (Å²) in [6, 6.07) is 7.13. The number of carbonyl (C=O) groups excluding carboxylic acids is 2. The molecule has 0 spiro atoms. The van der Waals surface area contributed by atoms with Crippen molar-refractivity contribution < 1.29 is 32.3 Å². The highest BCUT2D eigenvalue weighted by atomic mass is 79.9. The number of benzene rings is 3. The summed E-state index contributed by atoms with van der Waals surface area (Å²) < 4.78 is 45.7. The van der Waals surface area contributed by atoms with Gasteiger partial charge in [-0.3, -0.25) is 14.4 Å². The highest BCUT2D eigenvalue weighted by molar-refractivity contribution is 9.10. The molecule has 0 N–H and O–H groups in total. The Hall–Kier alpha value is -3.59. The number of aldehydes is 1. The van der Waals surface area contributed by atoms with Gasteiger partial charge >= 0.3 is 5.97 Å². The van der Waals surface area contributed by atoms with Crippen molar-refractivity contribution in [2.45, 2.75) is 20.8 Å². The molecule has 0 bridgehead atoms. The van der Waals surface area contributed by atoms with Gasteiger partial charge in [0.25, 0.3) is 0 Å². The number of aryl methyl sites for hydroxylation is 1. The van der Waals surface area contributed by atoms with E-state index in [9.17, 15) is 18.8 Å². The van der Waals surface area contributed by atoms with Crippen LogP contribution >= 0.6 is 15.9 Å². The van der Waals surface area contributed by atoms with Gasteiger partial charge in [0.2, 0.25) is 12.2 Å². The van der Waals surface area contributed by atoms with Crippen molar-refractivity contribution >= 4 is 39.2 Å². The predicted octanol–water partition coefficient (Wildman–Crippen LogP) is 5.93. The molecule has 1 aliphatic carbocycles. The highest BCUT2D eigenvalue weighted by Gasteiger charge is 2.27. The van der Waals surface area contributed by atoms with Gasteiger partial charge in [0.05, 0.1) is 0 Å².